The largest absolute Gasteiger partial charge is 0.329 e. The maximum absolute atomic E-state index is 13.3. The normalized spacial score (nSPS) is 12.9. The predicted octanol–water partition coefficient (Wildman–Crippen LogP) is 3.16. The summed E-state index contributed by atoms with van der Waals surface area (Å²) in [6.45, 7) is 1.01. The molecule has 1 unspecified atom stereocenters. The summed E-state index contributed by atoms with van der Waals surface area (Å²) < 4.78 is 26.5. The van der Waals surface area contributed by atoms with Crippen LogP contribution >= 0.6 is 11.3 Å². The van der Waals surface area contributed by atoms with Gasteiger partial charge in [-0.3, -0.25) is 4.90 Å². The highest BCUT2D eigenvalue weighted by molar-refractivity contribution is 7.07. The van der Waals surface area contributed by atoms with E-state index >= 15 is 0 Å². The Labute approximate surface area is 115 Å². The molecule has 0 amide bonds. The molecule has 0 saturated carbocycles. The van der Waals surface area contributed by atoms with Crippen molar-refractivity contribution in [1.82, 2.24) is 4.90 Å². The Morgan fingerprint density at radius 1 is 1.26 bits per heavy atom. The Bertz CT molecular complexity index is 508. The zero-order chi connectivity index (χ0) is 13.8. The maximum atomic E-state index is 13.3. The van der Waals surface area contributed by atoms with Crippen molar-refractivity contribution in [2.24, 2.45) is 5.73 Å². The van der Waals surface area contributed by atoms with Gasteiger partial charge in [-0.1, -0.05) is 0 Å². The minimum atomic E-state index is -0.572. The van der Waals surface area contributed by atoms with E-state index in [2.05, 4.69) is 5.38 Å². The second-order valence-corrected chi connectivity index (χ2v) is 5.28. The van der Waals surface area contributed by atoms with Gasteiger partial charge in [-0.2, -0.15) is 11.3 Å². The van der Waals surface area contributed by atoms with Crippen LogP contribution in [0, 0.1) is 11.6 Å². The van der Waals surface area contributed by atoms with Crippen LogP contribution in [0.1, 0.15) is 17.2 Å². The standard InChI is InChI=1S/C14H16F2N2S/c1-18(8-10-2-3-19-9-10)14(7-17)11-4-12(15)6-13(16)5-11/h2-6,9,14H,7-8,17H2,1H3. The summed E-state index contributed by atoms with van der Waals surface area (Å²) in [6, 6.07) is 5.37. The van der Waals surface area contributed by atoms with Crippen molar-refractivity contribution < 1.29 is 8.78 Å². The number of halogens is 2. The summed E-state index contributed by atoms with van der Waals surface area (Å²) in [5.41, 5.74) is 7.49. The Morgan fingerprint density at radius 3 is 2.47 bits per heavy atom. The molecule has 0 aliphatic carbocycles. The average molecular weight is 282 g/mol. The fourth-order valence-electron chi connectivity index (χ4n) is 2.12. The van der Waals surface area contributed by atoms with Crippen molar-refractivity contribution in [2.75, 3.05) is 13.6 Å². The number of hydrogen-bond acceptors (Lipinski definition) is 3. The number of likely N-dealkylation sites (N-methyl/N-ethyl adjacent to an activating group) is 1. The zero-order valence-electron chi connectivity index (χ0n) is 10.6. The van der Waals surface area contributed by atoms with Gasteiger partial charge in [0.2, 0.25) is 0 Å². The van der Waals surface area contributed by atoms with E-state index in [1.807, 2.05) is 23.4 Å². The summed E-state index contributed by atoms with van der Waals surface area (Å²) in [5.74, 6) is -1.14. The van der Waals surface area contributed by atoms with Crippen LogP contribution in [-0.2, 0) is 6.54 Å². The molecule has 1 heterocycles. The van der Waals surface area contributed by atoms with E-state index < -0.39 is 11.6 Å². The number of hydrogen-bond donors (Lipinski definition) is 1. The van der Waals surface area contributed by atoms with E-state index in [0.717, 1.165) is 6.07 Å². The third kappa shape index (κ3) is 3.59. The van der Waals surface area contributed by atoms with Gasteiger partial charge in [-0.05, 0) is 47.1 Å². The van der Waals surface area contributed by atoms with Crippen LogP contribution in [0.3, 0.4) is 0 Å². The summed E-state index contributed by atoms with van der Waals surface area (Å²) in [5, 5.41) is 4.05. The number of nitrogens with two attached hydrogens (primary N) is 1. The molecule has 0 aliphatic heterocycles. The lowest BCUT2D eigenvalue weighted by Crippen LogP contribution is -2.30. The second-order valence-electron chi connectivity index (χ2n) is 4.50. The van der Waals surface area contributed by atoms with E-state index in [4.69, 9.17) is 5.73 Å². The van der Waals surface area contributed by atoms with E-state index in [1.54, 1.807) is 11.3 Å². The fourth-order valence-corrected chi connectivity index (χ4v) is 2.78. The molecule has 0 aliphatic rings. The van der Waals surface area contributed by atoms with Crippen molar-refractivity contribution >= 4 is 11.3 Å². The zero-order valence-corrected chi connectivity index (χ0v) is 11.5. The number of nitrogens with zero attached hydrogens (tertiary/aromatic N) is 1. The van der Waals surface area contributed by atoms with Crippen molar-refractivity contribution in [1.29, 1.82) is 0 Å². The van der Waals surface area contributed by atoms with Gasteiger partial charge >= 0.3 is 0 Å². The molecule has 2 N–H and O–H groups in total. The fraction of sp³-hybridized carbons (Fsp3) is 0.286. The molecular formula is C14H16F2N2S. The first-order valence-electron chi connectivity index (χ1n) is 5.97. The summed E-state index contributed by atoms with van der Waals surface area (Å²) in [6.07, 6.45) is 0. The van der Waals surface area contributed by atoms with Gasteiger partial charge in [-0.15, -0.1) is 0 Å². The molecule has 0 radical (unpaired) electrons. The lowest BCUT2D eigenvalue weighted by atomic mass is 10.0. The monoisotopic (exact) mass is 282 g/mol. The van der Waals surface area contributed by atoms with Crippen molar-refractivity contribution in [3.63, 3.8) is 0 Å². The van der Waals surface area contributed by atoms with Gasteiger partial charge < -0.3 is 5.73 Å². The van der Waals surface area contributed by atoms with E-state index in [-0.39, 0.29) is 6.04 Å². The molecule has 2 nitrogen and oxygen atoms in total. The van der Waals surface area contributed by atoms with Crippen molar-refractivity contribution in [2.45, 2.75) is 12.6 Å². The highest BCUT2D eigenvalue weighted by Crippen LogP contribution is 2.22. The second kappa shape index (κ2) is 6.23. The molecule has 1 aromatic heterocycles. The molecule has 2 rings (SSSR count). The van der Waals surface area contributed by atoms with Crippen LogP contribution in [0.25, 0.3) is 0 Å². The van der Waals surface area contributed by atoms with Crippen molar-refractivity contribution in [3.05, 3.63) is 57.8 Å². The molecule has 0 fully saturated rings. The van der Waals surface area contributed by atoms with Crippen LogP contribution < -0.4 is 5.73 Å². The third-order valence-electron chi connectivity index (χ3n) is 3.04. The number of benzene rings is 1. The van der Waals surface area contributed by atoms with Gasteiger partial charge in [0.25, 0.3) is 0 Å². The minimum Gasteiger partial charge on any atom is -0.329 e. The Hall–Kier alpha value is -1.30. The Balaban J connectivity index is 2.18. The lowest BCUT2D eigenvalue weighted by molar-refractivity contribution is 0.241. The quantitative estimate of drug-likeness (QED) is 0.912. The summed E-state index contributed by atoms with van der Waals surface area (Å²) in [7, 11) is 1.90. The minimum absolute atomic E-state index is 0.204. The molecule has 0 spiro atoms. The SMILES string of the molecule is CN(Cc1ccsc1)C(CN)c1cc(F)cc(F)c1. The Kier molecular flexibility index (Phi) is 4.63. The first-order chi connectivity index (χ1) is 9.10. The average Bonchev–Trinajstić information content (AvgIpc) is 2.81. The molecule has 0 saturated heterocycles. The highest BCUT2D eigenvalue weighted by Gasteiger charge is 2.17. The lowest BCUT2D eigenvalue weighted by Gasteiger charge is -2.27. The molecule has 19 heavy (non-hydrogen) atoms. The Morgan fingerprint density at radius 2 is 1.95 bits per heavy atom. The van der Waals surface area contributed by atoms with Crippen LogP contribution in [0.15, 0.2) is 35.0 Å². The van der Waals surface area contributed by atoms with Crippen LogP contribution in [0.4, 0.5) is 8.78 Å². The van der Waals surface area contributed by atoms with Gasteiger partial charge in [0, 0.05) is 25.2 Å². The first kappa shape index (κ1) is 14.1. The molecule has 0 bridgehead atoms. The number of rotatable bonds is 5. The highest BCUT2D eigenvalue weighted by atomic mass is 32.1. The van der Waals surface area contributed by atoms with Gasteiger partial charge in [0.15, 0.2) is 0 Å². The van der Waals surface area contributed by atoms with E-state index in [1.165, 1.54) is 17.7 Å². The smallest absolute Gasteiger partial charge is 0.126 e. The van der Waals surface area contributed by atoms with Crippen LogP contribution in [0.2, 0.25) is 0 Å². The van der Waals surface area contributed by atoms with E-state index in [0.29, 0.717) is 18.7 Å². The molecule has 1 atom stereocenters. The van der Waals surface area contributed by atoms with Gasteiger partial charge in [0.05, 0.1) is 0 Å². The topological polar surface area (TPSA) is 29.3 Å². The summed E-state index contributed by atoms with van der Waals surface area (Å²) in [4.78, 5) is 2.00. The molecule has 102 valence electrons. The molecule has 1 aromatic carbocycles. The van der Waals surface area contributed by atoms with Gasteiger partial charge in [-0.25, -0.2) is 8.78 Å². The van der Waals surface area contributed by atoms with Crippen LogP contribution in [0.5, 0.6) is 0 Å². The van der Waals surface area contributed by atoms with Crippen LogP contribution in [-0.4, -0.2) is 18.5 Å². The molecule has 2 aromatic rings. The van der Waals surface area contributed by atoms with Crippen molar-refractivity contribution in [3.8, 4) is 0 Å². The molecular weight excluding hydrogens is 266 g/mol. The molecule has 5 heteroatoms. The first-order valence-corrected chi connectivity index (χ1v) is 6.92. The van der Waals surface area contributed by atoms with Gasteiger partial charge in [0.1, 0.15) is 11.6 Å². The predicted molar refractivity (Wildman–Crippen MR) is 73.9 cm³/mol. The summed E-state index contributed by atoms with van der Waals surface area (Å²) >= 11 is 1.62. The van der Waals surface area contributed by atoms with E-state index in [9.17, 15) is 8.78 Å². The third-order valence-corrected chi connectivity index (χ3v) is 3.77. The maximum Gasteiger partial charge on any atom is 0.126 e. The number of thiophene rings is 1.